The predicted molar refractivity (Wildman–Crippen MR) is 76.6 cm³/mol. The van der Waals surface area contributed by atoms with E-state index >= 15 is 0 Å². The first-order chi connectivity index (χ1) is 8.92. The molecular formula is C14H21N3O2. The number of hydrazone groups is 1. The van der Waals surface area contributed by atoms with Gasteiger partial charge in [0.15, 0.2) is 0 Å². The normalized spacial score (nSPS) is 19.4. The Morgan fingerprint density at radius 3 is 2.84 bits per heavy atom. The highest BCUT2D eigenvalue weighted by Crippen LogP contribution is 2.11. The van der Waals surface area contributed by atoms with Gasteiger partial charge in [0, 0.05) is 31.6 Å². The van der Waals surface area contributed by atoms with Crippen molar-refractivity contribution in [1.82, 2.24) is 10.3 Å². The van der Waals surface area contributed by atoms with Gasteiger partial charge in [0.1, 0.15) is 5.60 Å². The van der Waals surface area contributed by atoms with Crippen LogP contribution in [0.25, 0.3) is 0 Å². The van der Waals surface area contributed by atoms with Crippen molar-refractivity contribution in [2.45, 2.75) is 32.8 Å². The summed E-state index contributed by atoms with van der Waals surface area (Å²) in [6, 6.07) is 0. The minimum Gasteiger partial charge on any atom is -0.442 e. The SMILES string of the molecule is CNC1=C/C=C/N(C(=O)OC(C)(C)C)/N=C/CC=C1. The van der Waals surface area contributed by atoms with E-state index in [0.717, 1.165) is 5.70 Å². The number of nitrogens with one attached hydrogen (secondary N) is 1. The van der Waals surface area contributed by atoms with Crippen molar-refractivity contribution in [2.24, 2.45) is 5.10 Å². The van der Waals surface area contributed by atoms with Gasteiger partial charge in [0.2, 0.25) is 0 Å². The van der Waals surface area contributed by atoms with Gasteiger partial charge < -0.3 is 10.1 Å². The zero-order valence-corrected chi connectivity index (χ0v) is 11.9. The molecule has 0 atom stereocenters. The van der Waals surface area contributed by atoms with Crippen LogP contribution in [-0.2, 0) is 4.74 Å². The third kappa shape index (κ3) is 5.90. The largest absolute Gasteiger partial charge is 0.442 e. The summed E-state index contributed by atoms with van der Waals surface area (Å²) in [6.07, 6.45) is 10.9. The highest BCUT2D eigenvalue weighted by atomic mass is 16.6. The Bertz CT molecular complexity index is 428. The molecule has 5 nitrogen and oxygen atoms in total. The first kappa shape index (κ1) is 15.0. The van der Waals surface area contributed by atoms with E-state index in [1.165, 1.54) is 5.01 Å². The fourth-order valence-electron chi connectivity index (χ4n) is 1.30. The molecule has 0 bridgehead atoms. The van der Waals surface area contributed by atoms with Gasteiger partial charge in [0.05, 0.1) is 0 Å². The fraction of sp³-hybridized carbons (Fsp3) is 0.429. The summed E-state index contributed by atoms with van der Waals surface area (Å²) < 4.78 is 5.27. The van der Waals surface area contributed by atoms with Crippen LogP contribution in [0, 0.1) is 0 Å². The molecule has 0 aromatic carbocycles. The minimum absolute atomic E-state index is 0.496. The highest BCUT2D eigenvalue weighted by Gasteiger charge is 2.20. The Morgan fingerprint density at radius 1 is 1.47 bits per heavy atom. The molecule has 0 aromatic rings. The van der Waals surface area contributed by atoms with Gasteiger partial charge in [-0.25, -0.2) is 4.79 Å². The molecule has 104 valence electrons. The number of nitrogens with zero attached hydrogens (tertiary/aromatic N) is 2. The van der Waals surface area contributed by atoms with E-state index in [-0.39, 0.29) is 0 Å². The molecule has 1 heterocycles. The van der Waals surface area contributed by atoms with Gasteiger partial charge in [-0.2, -0.15) is 10.1 Å². The monoisotopic (exact) mass is 263 g/mol. The second kappa shape index (κ2) is 6.78. The zero-order valence-electron chi connectivity index (χ0n) is 11.9. The number of hydrogen-bond acceptors (Lipinski definition) is 4. The van der Waals surface area contributed by atoms with Crippen molar-refractivity contribution in [3.63, 3.8) is 0 Å². The van der Waals surface area contributed by atoms with Crippen molar-refractivity contribution in [1.29, 1.82) is 0 Å². The van der Waals surface area contributed by atoms with Crippen LogP contribution in [0.2, 0.25) is 0 Å². The van der Waals surface area contributed by atoms with E-state index in [2.05, 4.69) is 10.4 Å². The molecule has 1 amide bonds. The Hall–Kier alpha value is -2.04. The van der Waals surface area contributed by atoms with Crippen LogP contribution < -0.4 is 5.32 Å². The molecule has 0 unspecified atom stereocenters. The Balaban J connectivity index is 2.83. The van der Waals surface area contributed by atoms with E-state index in [1.54, 1.807) is 18.5 Å². The topological polar surface area (TPSA) is 53.9 Å². The van der Waals surface area contributed by atoms with Crippen LogP contribution in [0.4, 0.5) is 4.79 Å². The van der Waals surface area contributed by atoms with Gasteiger partial charge in [-0.3, -0.25) is 0 Å². The lowest BCUT2D eigenvalue weighted by molar-refractivity contribution is 0.0339. The van der Waals surface area contributed by atoms with E-state index in [0.29, 0.717) is 6.42 Å². The zero-order chi connectivity index (χ0) is 14.3. The first-order valence-electron chi connectivity index (χ1n) is 6.20. The second-order valence-electron chi connectivity index (χ2n) is 4.97. The van der Waals surface area contributed by atoms with E-state index < -0.39 is 11.7 Å². The maximum atomic E-state index is 11.9. The van der Waals surface area contributed by atoms with Gasteiger partial charge in [-0.1, -0.05) is 6.08 Å². The van der Waals surface area contributed by atoms with Crippen molar-refractivity contribution >= 4 is 12.3 Å². The van der Waals surface area contributed by atoms with E-state index in [1.807, 2.05) is 46.0 Å². The van der Waals surface area contributed by atoms with Crippen molar-refractivity contribution in [3.05, 3.63) is 36.2 Å². The van der Waals surface area contributed by atoms with Crippen LogP contribution in [0.15, 0.2) is 41.3 Å². The molecule has 0 aromatic heterocycles. The average Bonchev–Trinajstić information content (AvgIpc) is 2.32. The first-order valence-corrected chi connectivity index (χ1v) is 6.20. The molecule has 1 aliphatic heterocycles. The average molecular weight is 263 g/mol. The molecular weight excluding hydrogens is 242 g/mol. The predicted octanol–water partition coefficient (Wildman–Crippen LogP) is 2.79. The van der Waals surface area contributed by atoms with Crippen LogP contribution in [0.1, 0.15) is 27.2 Å². The molecule has 0 spiro atoms. The van der Waals surface area contributed by atoms with Crippen molar-refractivity contribution < 1.29 is 9.53 Å². The molecule has 1 rings (SSSR count). The lowest BCUT2D eigenvalue weighted by atomic mass is 10.2. The Labute approximate surface area is 114 Å². The van der Waals surface area contributed by atoms with Crippen molar-refractivity contribution in [3.8, 4) is 0 Å². The number of allylic oxidation sites excluding steroid dienone is 4. The summed E-state index contributed by atoms with van der Waals surface area (Å²) in [4.78, 5) is 11.9. The Kier molecular flexibility index (Phi) is 5.36. The summed E-state index contributed by atoms with van der Waals surface area (Å²) in [7, 11) is 1.84. The third-order valence-electron chi connectivity index (χ3n) is 2.12. The minimum atomic E-state index is -0.540. The molecule has 0 saturated heterocycles. The quantitative estimate of drug-likeness (QED) is 0.791. The maximum absolute atomic E-state index is 11.9. The second-order valence-corrected chi connectivity index (χ2v) is 4.97. The number of amides is 1. The lowest BCUT2D eigenvalue weighted by Crippen LogP contribution is -2.30. The van der Waals surface area contributed by atoms with Crippen molar-refractivity contribution in [2.75, 3.05) is 7.05 Å². The summed E-state index contributed by atoms with van der Waals surface area (Å²) in [5.74, 6) is 0. The number of rotatable bonds is 1. The molecule has 19 heavy (non-hydrogen) atoms. The van der Waals surface area contributed by atoms with Gasteiger partial charge in [-0.15, -0.1) is 0 Å². The van der Waals surface area contributed by atoms with Crippen LogP contribution in [0.3, 0.4) is 0 Å². The van der Waals surface area contributed by atoms with Gasteiger partial charge >= 0.3 is 6.09 Å². The summed E-state index contributed by atoms with van der Waals surface area (Å²) in [5, 5.41) is 8.30. The molecule has 1 aliphatic rings. The summed E-state index contributed by atoms with van der Waals surface area (Å²) in [6.45, 7) is 5.46. The highest BCUT2D eigenvalue weighted by molar-refractivity contribution is 5.71. The van der Waals surface area contributed by atoms with Gasteiger partial charge in [0.25, 0.3) is 0 Å². The standard InChI is InChI=1S/C14H21N3O2/c1-14(2,3)19-13(18)17-11-7-9-12(15-4)8-5-6-10-16-17/h5,7-11,15H,6H2,1-4H3/b8-5?,11-7+,12-9?,16-10+. The van der Waals surface area contributed by atoms with Crippen LogP contribution in [-0.4, -0.2) is 30.0 Å². The number of likely N-dealkylation sites (N-methyl/N-ethyl adjacent to an activating group) is 1. The van der Waals surface area contributed by atoms with E-state index in [9.17, 15) is 4.79 Å². The number of carbonyl (C=O) groups excluding carboxylic acids is 1. The molecule has 0 saturated carbocycles. The third-order valence-corrected chi connectivity index (χ3v) is 2.12. The van der Waals surface area contributed by atoms with Crippen LogP contribution >= 0.6 is 0 Å². The number of hydrogen-bond donors (Lipinski definition) is 1. The maximum Gasteiger partial charge on any atom is 0.435 e. The molecule has 0 aliphatic carbocycles. The van der Waals surface area contributed by atoms with Crippen LogP contribution in [0.5, 0.6) is 0 Å². The summed E-state index contributed by atoms with van der Waals surface area (Å²) >= 11 is 0. The van der Waals surface area contributed by atoms with E-state index in [4.69, 9.17) is 4.74 Å². The molecule has 5 heteroatoms. The molecule has 0 fully saturated rings. The fourth-order valence-corrected chi connectivity index (χ4v) is 1.30. The van der Waals surface area contributed by atoms with Gasteiger partial charge in [-0.05, 0) is 39.0 Å². The molecule has 1 N–H and O–H groups in total. The lowest BCUT2D eigenvalue weighted by Gasteiger charge is -2.22. The summed E-state index contributed by atoms with van der Waals surface area (Å²) in [5.41, 5.74) is 0.414. The smallest absolute Gasteiger partial charge is 0.435 e. The number of ether oxygens (including phenoxy) is 1. The number of carbonyl (C=O) groups is 1. The molecule has 0 radical (unpaired) electrons. The Morgan fingerprint density at radius 2 is 2.21 bits per heavy atom.